The van der Waals surface area contributed by atoms with E-state index in [0.717, 1.165) is 4.47 Å². The zero-order chi connectivity index (χ0) is 12.8. The quantitative estimate of drug-likeness (QED) is 0.907. The summed E-state index contributed by atoms with van der Waals surface area (Å²) < 4.78 is 0.731. The number of carboxylic acid groups (broad SMARTS) is 1. The Hall–Kier alpha value is -1.54. The lowest BCUT2D eigenvalue weighted by molar-refractivity contribution is 0.0697. The first-order valence-corrected chi connectivity index (χ1v) is 6.04. The van der Waals surface area contributed by atoms with Crippen LogP contribution in [-0.2, 0) is 0 Å². The van der Waals surface area contributed by atoms with Crippen LogP contribution in [0, 0.1) is 11.3 Å². The number of halogens is 1. The van der Waals surface area contributed by atoms with Gasteiger partial charge in [-0.1, -0.05) is 15.9 Å². The summed E-state index contributed by atoms with van der Waals surface area (Å²) >= 11 is 3.25. The van der Waals surface area contributed by atoms with E-state index in [2.05, 4.69) is 22.0 Å². The minimum Gasteiger partial charge on any atom is -0.478 e. The molecule has 0 heterocycles. The largest absolute Gasteiger partial charge is 0.478 e. The molecule has 0 aliphatic heterocycles. The molecule has 0 saturated heterocycles. The molecule has 0 radical (unpaired) electrons. The summed E-state index contributed by atoms with van der Waals surface area (Å²) in [6.45, 7) is 3.14. The molecule has 90 valence electrons. The second-order valence-corrected chi connectivity index (χ2v) is 4.37. The van der Waals surface area contributed by atoms with Crippen LogP contribution in [0.5, 0.6) is 0 Å². The van der Waals surface area contributed by atoms with E-state index in [1.54, 1.807) is 18.2 Å². The SMILES string of the molecule is CCN(CCC#N)c1ccc(Br)cc1C(=O)O. The second-order valence-electron chi connectivity index (χ2n) is 3.45. The topological polar surface area (TPSA) is 64.3 Å². The molecule has 4 nitrogen and oxygen atoms in total. The molecular weight excluding hydrogens is 284 g/mol. The van der Waals surface area contributed by atoms with Gasteiger partial charge in [0, 0.05) is 17.6 Å². The summed E-state index contributed by atoms with van der Waals surface area (Å²) in [4.78, 5) is 13.0. The number of hydrogen-bond acceptors (Lipinski definition) is 3. The number of rotatable bonds is 5. The Kier molecular flexibility index (Phi) is 4.98. The van der Waals surface area contributed by atoms with E-state index in [4.69, 9.17) is 10.4 Å². The molecule has 1 aromatic carbocycles. The van der Waals surface area contributed by atoms with Crippen LogP contribution in [0.4, 0.5) is 5.69 Å². The number of nitriles is 1. The predicted molar refractivity (Wildman–Crippen MR) is 69.2 cm³/mol. The van der Waals surface area contributed by atoms with Crippen molar-refractivity contribution in [3.63, 3.8) is 0 Å². The van der Waals surface area contributed by atoms with Crippen LogP contribution >= 0.6 is 15.9 Å². The normalized spacial score (nSPS) is 9.71. The maximum absolute atomic E-state index is 11.2. The molecule has 0 aromatic heterocycles. The molecule has 0 unspecified atom stereocenters. The van der Waals surface area contributed by atoms with Gasteiger partial charge in [-0.25, -0.2) is 4.79 Å². The summed E-state index contributed by atoms with van der Waals surface area (Å²) in [6, 6.07) is 7.20. The highest BCUT2D eigenvalue weighted by molar-refractivity contribution is 9.10. The molecule has 0 aliphatic rings. The average molecular weight is 297 g/mol. The number of aromatic carboxylic acids is 1. The molecule has 5 heteroatoms. The molecule has 0 amide bonds. The van der Waals surface area contributed by atoms with Crippen molar-refractivity contribution in [3.05, 3.63) is 28.2 Å². The van der Waals surface area contributed by atoms with E-state index in [-0.39, 0.29) is 5.56 Å². The Morgan fingerprint density at radius 1 is 1.59 bits per heavy atom. The molecule has 1 N–H and O–H groups in total. The Morgan fingerprint density at radius 2 is 2.29 bits per heavy atom. The third-order valence-corrected chi connectivity index (χ3v) is 2.90. The fraction of sp³-hybridized carbons (Fsp3) is 0.333. The van der Waals surface area contributed by atoms with E-state index >= 15 is 0 Å². The lowest BCUT2D eigenvalue weighted by atomic mass is 10.1. The van der Waals surface area contributed by atoms with Crippen molar-refractivity contribution in [2.75, 3.05) is 18.0 Å². The van der Waals surface area contributed by atoms with Gasteiger partial charge >= 0.3 is 5.97 Å². The molecular formula is C12H13BrN2O2. The van der Waals surface area contributed by atoms with Crippen LogP contribution in [0.2, 0.25) is 0 Å². The number of benzene rings is 1. The number of carboxylic acids is 1. The summed E-state index contributed by atoms with van der Waals surface area (Å²) in [5.74, 6) is -0.961. The molecule has 0 saturated carbocycles. The summed E-state index contributed by atoms with van der Waals surface area (Å²) in [5.41, 5.74) is 0.901. The van der Waals surface area contributed by atoms with Crippen molar-refractivity contribution >= 4 is 27.6 Å². The summed E-state index contributed by atoms with van der Waals surface area (Å²) in [5, 5.41) is 17.7. The Labute approximate surface area is 109 Å². The third-order valence-electron chi connectivity index (χ3n) is 2.40. The van der Waals surface area contributed by atoms with E-state index in [0.29, 0.717) is 25.2 Å². The van der Waals surface area contributed by atoms with Gasteiger partial charge in [0.2, 0.25) is 0 Å². The maximum atomic E-state index is 11.2. The van der Waals surface area contributed by atoms with Crippen LogP contribution in [-0.4, -0.2) is 24.2 Å². The zero-order valence-corrected chi connectivity index (χ0v) is 11.1. The van der Waals surface area contributed by atoms with Crippen LogP contribution in [0.15, 0.2) is 22.7 Å². The summed E-state index contributed by atoms with van der Waals surface area (Å²) in [6.07, 6.45) is 0.378. The van der Waals surface area contributed by atoms with Crippen LogP contribution in [0.3, 0.4) is 0 Å². The van der Waals surface area contributed by atoms with E-state index in [9.17, 15) is 4.79 Å². The first kappa shape index (κ1) is 13.5. The minimum absolute atomic E-state index is 0.249. The van der Waals surface area contributed by atoms with Gasteiger partial charge in [-0.05, 0) is 25.1 Å². The predicted octanol–water partition coefficient (Wildman–Crippen LogP) is 2.89. The maximum Gasteiger partial charge on any atom is 0.337 e. The van der Waals surface area contributed by atoms with Gasteiger partial charge in [-0.2, -0.15) is 5.26 Å². The Morgan fingerprint density at radius 3 is 2.82 bits per heavy atom. The molecule has 17 heavy (non-hydrogen) atoms. The molecule has 1 aromatic rings. The van der Waals surface area contributed by atoms with Crippen molar-refractivity contribution in [1.29, 1.82) is 5.26 Å². The Bertz CT molecular complexity index is 454. The fourth-order valence-electron chi connectivity index (χ4n) is 1.59. The molecule has 1 rings (SSSR count). The van der Waals surface area contributed by atoms with Gasteiger partial charge in [0.1, 0.15) is 0 Å². The van der Waals surface area contributed by atoms with Gasteiger partial charge in [-0.3, -0.25) is 0 Å². The van der Waals surface area contributed by atoms with Gasteiger partial charge in [0.05, 0.1) is 23.7 Å². The number of anilines is 1. The van der Waals surface area contributed by atoms with Crippen molar-refractivity contribution < 1.29 is 9.90 Å². The molecule has 0 fully saturated rings. The minimum atomic E-state index is -0.961. The highest BCUT2D eigenvalue weighted by Gasteiger charge is 2.15. The third kappa shape index (κ3) is 3.46. The molecule has 0 aliphatic carbocycles. The lowest BCUT2D eigenvalue weighted by Crippen LogP contribution is -2.25. The van der Waals surface area contributed by atoms with Crippen LogP contribution in [0.1, 0.15) is 23.7 Å². The van der Waals surface area contributed by atoms with Crippen LogP contribution < -0.4 is 4.90 Å². The fourth-order valence-corrected chi connectivity index (χ4v) is 1.95. The number of carbonyl (C=O) groups is 1. The number of hydrogen-bond donors (Lipinski definition) is 1. The highest BCUT2D eigenvalue weighted by atomic mass is 79.9. The smallest absolute Gasteiger partial charge is 0.337 e. The van der Waals surface area contributed by atoms with Gasteiger partial charge in [-0.15, -0.1) is 0 Å². The van der Waals surface area contributed by atoms with E-state index in [1.165, 1.54) is 0 Å². The monoisotopic (exact) mass is 296 g/mol. The molecule has 0 spiro atoms. The highest BCUT2D eigenvalue weighted by Crippen LogP contribution is 2.24. The molecule has 0 atom stereocenters. The van der Waals surface area contributed by atoms with Gasteiger partial charge in [0.25, 0.3) is 0 Å². The van der Waals surface area contributed by atoms with Crippen LogP contribution in [0.25, 0.3) is 0 Å². The average Bonchev–Trinajstić information content (AvgIpc) is 2.31. The number of nitrogens with zero attached hydrogens (tertiary/aromatic N) is 2. The van der Waals surface area contributed by atoms with Crippen molar-refractivity contribution in [1.82, 2.24) is 0 Å². The van der Waals surface area contributed by atoms with E-state index in [1.807, 2.05) is 11.8 Å². The van der Waals surface area contributed by atoms with Crippen molar-refractivity contribution in [2.45, 2.75) is 13.3 Å². The zero-order valence-electron chi connectivity index (χ0n) is 9.48. The second kappa shape index (κ2) is 6.26. The first-order chi connectivity index (χ1) is 8.10. The van der Waals surface area contributed by atoms with Gasteiger partial charge in [0.15, 0.2) is 0 Å². The van der Waals surface area contributed by atoms with Gasteiger partial charge < -0.3 is 10.0 Å². The Balaban J connectivity index is 3.10. The molecule has 0 bridgehead atoms. The lowest BCUT2D eigenvalue weighted by Gasteiger charge is -2.23. The standard InChI is InChI=1S/C12H13BrN2O2/c1-2-15(7-3-6-14)11-5-4-9(13)8-10(11)12(16)17/h4-5,8H,2-3,7H2,1H3,(H,16,17). The first-order valence-electron chi connectivity index (χ1n) is 5.25. The summed E-state index contributed by atoms with van der Waals surface area (Å²) in [7, 11) is 0. The van der Waals surface area contributed by atoms with Crippen molar-refractivity contribution in [2.24, 2.45) is 0 Å². The van der Waals surface area contributed by atoms with E-state index < -0.39 is 5.97 Å². The van der Waals surface area contributed by atoms with Crippen molar-refractivity contribution in [3.8, 4) is 6.07 Å².